The molecule has 1 aromatic heterocycles. The van der Waals surface area contributed by atoms with Crippen molar-refractivity contribution in [1.29, 1.82) is 0 Å². The lowest BCUT2D eigenvalue weighted by Crippen LogP contribution is -2.26. The highest BCUT2D eigenvalue weighted by Crippen LogP contribution is 2.26. The summed E-state index contributed by atoms with van der Waals surface area (Å²) >= 11 is 7.30. The number of rotatable bonds is 5. The van der Waals surface area contributed by atoms with Crippen molar-refractivity contribution < 1.29 is 4.39 Å². The molecule has 0 fully saturated rings. The molecule has 0 amide bonds. The van der Waals surface area contributed by atoms with Crippen molar-refractivity contribution in [2.45, 2.75) is 32.3 Å². The van der Waals surface area contributed by atoms with Gasteiger partial charge >= 0.3 is 0 Å². The second-order valence-electron chi connectivity index (χ2n) is 5.09. The fraction of sp³-hybridized carbons (Fsp3) is 0.400. The van der Waals surface area contributed by atoms with E-state index in [0.29, 0.717) is 24.0 Å². The number of hydrogen-bond acceptors (Lipinski definition) is 3. The van der Waals surface area contributed by atoms with Gasteiger partial charge in [0.2, 0.25) is 0 Å². The molecule has 2 nitrogen and oxygen atoms in total. The third-order valence-corrected chi connectivity index (χ3v) is 4.50. The first-order valence-electron chi connectivity index (χ1n) is 6.50. The number of benzene rings is 1. The highest BCUT2D eigenvalue weighted by molar-refractivity contribution is 7.13. The summed E-state index contributed by atoms with van der Waals surface area (Å²) in [6, 6.07) is 5.54. The molecule has 20 heavy (non-hydrogen) atoms. The fourth-order valence-corrected chi connectivity index (χ4v) is 2.83. The van der Waals surface area contributed by atoms with Crippen LogP contribution in [0, 0.1) is 5.82 Å². The van der Waals surface area contributed by atoms with Crippen LogP contribution in [0.2, 0.25) is 0 Å². The van der Waals surface area contributed by atoms with Crippen LogP contribution in [0.1, 0.15) is 25.1 Å². The topological polar surface area (TPSA) is 16.1 Å². The maximum absolute atomic E-state index is 13.9. The van der Waals surface area contributed by atoms with Gasteiger partial charge in [-0.15, -0.1) is 22.9 Å². The summed E-state index contributed by atoms with van der Waals surface area (Å²) in [5.41, 5.74) is 2.50. The van der Waals surface area contributed by atoms with Crippen LogP contribution in [-0.2, 0) is 12.4 Å². The smallest absolute Gasteiger partial charge is 0.127 e. The maximum atomic E-state index is 13.9. The molecule has 2 rings (SSSR count). The molecule has 0 atom stereocenters. The van der Waals surface area contributed by atoms with Crippen molar-refractivity contribution in [3.8, 4) is 10.6 Å². The van der Waals surface area contributed by atoms with Gasteiger partial charge in [0.25, 0.3) is 0 Å². The molecule has 0 N–H and O–H groups in total. The van der Waals surface area contributed by atoms with Crippen LogP contribution in [-0.4, -0.2) is 23.0 Å². The molecule has 108 valence electrons. The second-order valence-corrected chi connectivity index (χ2v) is 6.22. The van der Waals surface area contributed by atoms with Gasteiger partial charge in [0.15, 0.2) is 0 Å². The molecule has 0 unspecified atom stereocenters. The van der Waals surface area contributed by atoms with E-state index < -0.39 is 0 Å². The first kappa shape index (κ1) is 15.4. The molecule has 0 aliphatic rings. The van der Waals surface area contributed by atoms with Gasteiger partial charge in [0.1, 0.15) is 10.8 Å². The van der Waals surface area contributed by atoms with Gasteiger partial charge in [0, 0.05) is 29.1 Å². The van der Waals surface area contributed by atoms with E-state index in [1.54, 1.807) is 6.07 Å². The molecular formula is C15H18ClFN2S. The SMILES string of the molecule is CC(C)N(C)Cc1cc(-c2nc(CCl)cs2)ccc1F. The molecule has 0 aliphatic carbocycles. The largest absolute Gasteiger partial charge is 0.300 e. The molecule has 0 saturated carbocycles. The minimum absolute atomic E-state index is 0.171. The second kappa shape index (κ2) is 6.66. The van der Waals surface area contributed by atoms with E-state index in [0.717, 1.165) is 16.3 Å². The first-order chi connectivity index (χ1) is 9.51. The minimum Gasteiger partial charge on any atom is -0.300 e. The lowest BCUT2D eigenvalue weighted by molar-refractivity contribution is 0.262. The molecule has 0 radical (unpaired) electrons. The summed E-state index contributed by atoms with van der Waals surface area (Å²) in [6.07, 6.45) is 0. The van der Waals surface area contributed by atoms with E-state index in [1.807, 2.05) is 18.5 Å². The zero-order valence-electron chi connectivity index (χ0n) is 11.9. The monoisotopic (exact) mass is 312 g/mol. The Hall–Kier alpha value is -0.970. The molecule has 0 aliphatic heterocycles. The molecule has 5 heteroatoms. The number of alkyl halides is 1. The Balaban J connectivity index is 2.28. The number of nitrogens with zero attached hydrogens (tertiary/aromatic N) is 2. The lowest BCUT2D eigenvalue weighted by Gasteiger charge is -2.21. The molecule has 0 bridgehead atoms. The van der Waals surface area contributed by atoms with Gasteiger partial charge in [-0.25, -0.2) is 9.37 Å². The Kier molecular flexibility index (Phi) is 5.13. The van der Waals surface area contributed by atoms with Gasteiger partial charge in [-0.05, 0) is 39.1 Å². The maximum Gasteiger partial charge on any atom is 0.127 e. The van der Waals surface area contributed by atoms with Crippen molar-refractivity contribution in [3.63, 3.8) is 0 Å². The van der Waals surface area contributed by atoms with E-state index >= 15 is 0 Å². The predicted octanol–water partition coefficient (Wildman–Crippen LogP) is 4.53. The summed E-state index contributed by atoms with van der Waals surface area (Å²) in [5.74, 6) is 0.232. The average molecular weight is 313 g/mol. The summed E-state index contributed by atoms with van der Waals surface area (Å²) < 4.78 is 13.9. The van der Waals surface area contributed by atoms with Crippen molar-refractivity contribution >= 4 is 22.9 Å². The summed E-state index contributed by atoms with van der Waals surface area (Å²) in [6.45, 7) is 4.77. The van der Waals surface area contributed by atoms with Crippen molar-refractivity contribution in [2.24, 2.45) is 0 Å². The number of thiazole rings is 1. The zero-order valence-corrected chi connectivity index (χ0v) is 13.4. The van der Waals surface area contributed by atoms with Crippen LogP contribution in [0.4, 0.5) is 4.39 Å². The van der Waals surface area contributed by atoms with E-state index in [4.69, 9.17) is 11.6 Å². The number of halogens is 2. The summed E-state index contributed by atoms with van der Waals surface area (Å²) in [4.78, 5) is 6.54. The fourth-order valence-electron chi connectivity index (χ4n) is 1.78. The van der Waals surface area contributed by atoms with Gasteiger partial charge in [-0.1, -0.05) is 0 Å². The van der Waals surface area contributed by atoms with Crippen LogP contribution in [0.3, 0.4) is 0 Å². The standard InChI is InChI=1S/C15H18ClFN2S/c1-10(2)19(3)8-12-6-11(4-5-14(12)17)15-18-13(7-16)9-20-15/h4-6,9-10H,7-8H2,1-3H3. The predicted molar refractivity (Wildman–Crippen MR) is 83.7 cm³/mol. The van der Waals surface area contributed by atoms with Crippen LogP contribution in [0.25, 0.3) is 10.6 Å². The highest BCUT2D eigenvalue weighted by Gasteiger charge is 2.11. The van der Waals surface area contributed by atoms with E-state index in [1.165, 1.54) is 17.4 Å². The number of hydrogen-bond donors (Lipinski definition) is 0. The lowest BCUT2D eigenvalue weighted by atomic mass is 10.1. The third kappa shape index (κ3) is 3.57. The zero-order chi connectivity index (χ0) is 14.7. The summed E-state index contributed by atoms with van der Waals surface area (Å²) in [5, 5.41) is 2.82. The molecule has 1 heterocycles. The quantitative estimate of drug-likeness (QED) is 0.754. The number of aromatic nitrogens is 1. The van der Waals surface area contributed by atoms with Gasteiger partial charge < -0.3 is 0 Å². The van der Waals surface area contributed by atoms with Gasteiger partial charge in [-0.2, -0.15) is 0 Å². The molecule has 0 spiro atoms. The van der Waals surface area contributed by atoms with Crippen molar-refractivity contribution in [2.75, 3.05) is 7.05 Å². The highest BCUT2D eigenvalue weighted by atomic mass is 35.5. The Morgan fingerprint density at radius 3 is 2.75 bits per heavy atom. The van der Waals surface area contributed by atoms with Crippen molar-refractivity contribution in [3.05, 3.63) is 40.7 Å². The average Bonchev–Trinajstić information content (AvgIpc) is 2.89. The van der Waals surface area contributed by atoms with Crippen LogP contribution in [0.15, 0.2) is 23.6 Å². The Bertz CT molecular complexity index is 583. The van der Waals surface area contributed by atoms with Crippen LogP contribution < -0.4 is 0 Å². The van der Waals surface area contributed by atoms with Crippen molar-refractivity contribution in [1.82, 2.24) is 9.88 Å². The Morgan fingerprint density at radius 2 is 2.15 bits per heavy atom. The molecule has 2 aromatic rings. The van der Waals surface area contributed by atoms with E-state index in [-0.39, 0.29) is 5.82 Å². The molecule has 1 aromatic carbocycles. The van der Waals surface area contributed by atoms with Crippen LogP contribution >= 0.6 is 22.9 Å². The Morgan fingerprint density at radius 1 is 1.40 bits per heavy atom. The Labute approximate surface area is 128 Å². The third-order valence-electron chi connectivity index (χ3n) is 3.28. The van der Waals surface area contributed by atoms with E-state index in [2.05, 4.69) is 23.7 Å². The van der Waals surface area contributed by atoms with E-state index in [9.17, 15) is 4.39 Å². The summed E-state index contributed by atoms with van der Waals surface area (Å²) in [7, 11) is 1.99. The van der Waals surface area contributed by atoms with Gasteiger partial charge in [0.05, 0.1) is 11.6 Å². The molecular weight excluding hydrogens is 295 g/mol. The normalized spacial score (nSPS) is 11.6. The minimum atomic E-state index is -0.171. The first-order valence-corrected chi connectivity index (χ1v) is 7.92. The van der Waals surface area contributed by atoms with Crippen LogP contribution in [0.5, 0.6) is 0 Å². The van der Waals surface area contributed by atoms with Gasteiger partial charge in [-0.3, -0.25) is 4.90 Å². The molecule has 0 saturated heterocycles.